The van der Waals surface area contributed by atoms with E-state index in [0.29, 0.717) is 18.8 Å². The van der Waals surface area contributed by atoms with Crippen molar-refractivity contribution in [1.82, 2.24) is 0 Å². The number of ether oxygens (including phenoxy) is 1. The number of hydrogen-bond acceptors (Lipinski definition) is 5. The molecule has 2 rings (SSSR count). The van der Waals surface area contributed by atoms with E-state index >= 15 is 0 Å². The number of anilines is 2. The maximum absolute atomic E-state index is 9.25. The third-order valence-electron chi connectivity index (χ3n) is 3.48. The number of nitrogens with zero attached hydrogens (tertiary/aromatic N) is 1. The van der Waals surface area contributed by atoms with Gasteiger partial charge < -0.3 is 25.6 Å². The molecule has 22 heavy (non-hydrogen) atoms. The topological polar surface area (TPSA) is 79.0 Å². The monoisotopic (exact) mass is 302 g/mol. The third kappa shape index (κ3) is 3.69. The highest BCUT2D eigenvalue weighted by molar-refractivity contribution is 5.82. The van der Waals surface area contributed by atoms with E-state index in [1.807, 2.05) is 47.4 Å². The number of methoxy groups -OCH3 is 1. The molecule has 5 nitrogen and oxygen atoms in total. The molecule has 0 spiro atoms. The van der Waals surface area contributed by atoms with E-state index in [-0.39, 0.29) is 13.2 Å². The number of nitrogens with two attached hydrogens (primary N) is 1. The fraction of sp³-hybridized carbons (Fsp3) is 0.294. The fourth-order valence-corrected chi connectivity index (χ4v) is 2.45. The summed E-state index contributed by atoms with van der Waals surface area (Å²) in [6, 6.07) is 13.4. The molecule has 2 aromatic rings. The summed E-state index contributed by atoms with van der Waals surface area (Å²) in [7, 11) is 1.63. The zero-order chi connectivity index (χ0) is 15.9. The molecule has 2 aromatic carbocycles. The van der Waals surface area contributed by atoms with Crippen LogP contribution in [-0.4, -0.2) is 43.6 Å². The highest BCUT2D eigenvalue weighted by atomic mass is 16.5. The molecule has 0 aromatic heterocycles. The van der Waals surface area contributed by atoms with Crippen molar-refractivity contribution < 1.29 is 14.9 Å². The molecule has 0 aliphatic rings. The summed E-state index contributed by atoms with van der Waals surface area (Å²) < 4.78 is 5.28. The molecule has 0 amide bonds. The van der Waals surface area contributed by atoms with Gasteiger partial charge in [0.05, 0.1) is 20.3 Å². The highest BCUT2D eigenvalue weighted by Crippen LogP contribution is 2.34. The zero-order valence-electron chi connectivity index (χ0n) is 12.7. The summed E-state index contributed by atoms with van der Waals surface area (Å²) in [6.07, 6.45) is 0. The van der Waals surface area contributed by atoms with E-state index in [9.17, 15) is 10.2 Å². The Balaban J connectivity index is 2.50. The average molecular weight is 302 g/mol. The van der Waals surface area contributed by atoms with Crippen LogP contribution in [0.2, 0.25) is 0 Å². The molecule has 4 N–H and O–H groups in total. The Hall–Kier alpha value is -2.24. The second kappa shape index (κ2) is 7.68. The van der Waals surface area contributed by atoms with Crippen molar-refractivity contribution in [2.45, 2.75) is 0 Å². The molecular formula is C17H22N2O3. The van der Waals surface area contributed by atoms with Crippen LogP contribution in [0.15, 0.2) is 42.5 Å². The lowest BCUT2D eigenvalue weighted by atomic mass is 10.0. The Morgan fingerprint density at radius 2 is 1.77 bits per heavy atom. The second-order valence-electron chi connectivity index (χ2n) is 4.94. The molecular weight excluding hydrogens is 280 g/mol. The van der Waals surface area contributed by atoms with Gasteiger partial charge in [-0.1, -0.05) is 12.1 Å². The number of benzene rings is 2. The highest BCUT2D eigenvalue weighted by Gasteiger charge is 2.13. The Labute approximate surface area is 130 Å². The molecule has 0 fully saturated rings. The normalized spacial score (nSPS) is 10.5. The Morgan fingerprint density at radius 1 is 1.05 bits per heavy atom. The molecule has 0 aliphatic heterocycles. The van der Waals surface area contributed by atoms with Crippen LogP contribution < -0.4 is 15.4 Å². The van der Waals surface area contributed by atoms with Gasteiger partial charge in [0.15, 0.2) is 0 Å². The van der Waals surface area contributed by atoms with Gasteiger partial charge >= 0.3 is 0 Å². The van der Waals surface area contributed by atoms with Crippen molar-refractivity contribution in [3.05, 3.63) is 42.5 Å². The van der Waals surface area contributed by atoms with E-state index in [2.05, 4.69) is 0 Å². The maximum atomic E-state index is 9.25. The van der Waals surface area contributed by atoms with Crippen LogP contribution in [0.5, 0.6) is 5.75 Å². The summed E-state index contributed by atoms with van der Waals surface area (Å²) in [5, 5.41) is 18.5. The van der Waals surface area contributed by atoms with Crippen LogP contribution in [0.4, 0.5) is 11.4 Å². The molecule has 0 atom stereocenters. The van der Waals surface area contributed by atoms with Crippen molar-refractivity contribution in [3.63, 3.8) is 0 Å². The number of nitrogen functional groups attached to an aromatic ring is 1. The molecule has 0 saturated carbocycles. The van der Waals surface area contributed by atoms with E-state index < -0.39 is 0 Å². The van der Waals surface area contributed by atoms with Crippen LogP contribution in [0.3, 0.4) is 0 Å². The molecule has 0 saturated heterocycles. The van der Waals surface area contributed by atoms with Crippen LogP contribution in [-0.2, 0) is 0 Å². The minimum absolute atomic E-state index is 0.0158. The van der Waals surface area contributed by atoms with Gasteiger partial charge in [-0.3, -0.25) is 0 Å². The van der Waals surface area contributed by atoms with Gasteiger partial charge in [0.2, 0.25) is 0 Å². The van der Waals surface area contributed by atoms with Gasteiger partial charge in [0.25, 0.3) is 0 Å². The summed E-state index contributed by atoms with van der Waals surface area (Å²) in [6.45, 7) is 0.923. The second-order valence-corrected chi connectivity index (χ2v) is 4.94. The van der Waals surface area contributed by atoms with Crippen LogP contribution in [0.1, 0.15) is 0 Å². The Kier molecular flexibility index (Phi) is 5.63. The minimum Gasteiger partial charge on any atom is -0.497 e. The summed E-state index contributed by atoms with van der Waals surface area (Å²) in [4.78, 5) is 1.94. The molecule has 0 heterocycles. The van der Waals surface area contributed by atoms with Crippen molar-refractivity contribution >= 4 is 11.4 Å². The minimum atomic E-state index is 0.0158. The van der Waals surface area contributed by atoms with Gasteiger partial charge in [-0.15, -0.1) is 0 Å². The van der Waals surface area contributed by atoms with Gasteiger partial charge in [0.1, 0.15) is 5.75 Å². The van der Waals surface area contributed by atoms with Gasteiger partial charge in [-0.05, 0) is 35.9 Å². The first-order chi connectivity index (χ1) is 10.7. The zero-order valence-corrected chi connectivity index (χ0v) is 12.7. The van der Waals surface area contributed by atoms with Gasteiger partial charge in [-0.25, -0.2) is 0 Å². The lowest BCUT2D eigenvalue weighted by Gasteiger charge is -2.26. The van der Waals surface area contributed by atoms with E-state index in [0.717, 1.165) is 22.6 Å². The van der Waals surface area contributed by atoms with Crippen molar-refractivity contribution in [2.24, 2.45) is 0 Å². The number of aliphatic hydroxyl groups is 2. The Morgan fingerprint density at radius 3 is 2.41 bits per heavy atom. The molecule has 0 bridgehead atoms. The quantitative estimate of drug-likeness (QED) is 0.679. The first kappa shape index (κ1) is 16.1. The largest absolute Gasteiger partial charge is 0.497 e. The maximum Gasteiger partial charge on any atom is 0.119 e. The van der Waals surface area contributed by atoms with Crippen LogP contribution in [0, 0.1) is 0 Å². The van der Waals surface area contributed by atoms with E-state index in [1.54, 1.807) is 7.11 Å². The number of aliphatic hydroxyl groups excluding tert-OH is 2. The number of hydrogen-bond donors (Lipinski definition) is 3. The van der Waals surface area contributed by atoms with Crippen LogP contribution in [0.25, 0.3) is 11.1 Å². The smallest absolute Gasteiger partial charge is 0.119 e. The van der Waals surface area contributed by atoms with Gasteiger partial charge in [-0.2, -0.15) is 0 Å². The van der Waals surface area contributed by atoms with E-state index in [1.165, 1.54) is 0 Å². The van der Waals surface area contributed by atoms with Crippen molar-refractivity contribution in [3.8, 4) is 16.9 Å². The lowest BCUT2D eigenvalue weighted by Crippen LogP contribution is -2.30. The summed E-state index contributed by atoms with van der Waals surface area (Å²) in [5.74, 6) is 0.766. The number of rotatable bonds is 7. The standard InChI is InChI=1S/C17H22N2O3/c1-22-15-4-2-3-13(11-15)16-12-14(18)5-6-17(16)19(7-9-20)8-10-21/h2-6,11-12,20-21H,7-10,18H2,1H3. The van der Waals surface area contributed by atoms with Gasteiger partial charge in [0, 0.05) is 30.0 Å². The van der Waals surface area contributed by atoms with E-state index in [4.69, 9.17) is 10.5 Å². The lowest BCUT2D eigenvalue weighted by molar-refractivity contribution is 0.281. The van der Waals surface area contributed by atoms with Crippen LogP contribution >= 0.6 is 0 Å². The fourth-order valence-electron chi connectivity index (χ4n) is 2.45. The molecule has 0 aliphatic carbocycles. The van der Waals surface area contributed by atoms with Crippen molar-refractivity contribution in [1.29, 1.82) is 0 Å². The van der Waals surface area contributed by atoms with Crippen molar-refractivity contribution in [2.75, 3.05) is 44.0 Å². The molecule has 0 radical (unpaired) electrons. The summed E-state index contributed by atoms with van der Waals surface area (Å²) in [5.41, 5.74) is 9.44. The predicted octanol–water partition coefficient (Wildman–Crippen LogP) is 1.74. The predicted molar refractivity (Wildman–Crippen MR) is 89.2 cm³/mol. The molecule has 0 unspecified atom stereocenters. The SMILES string of the molecule is COc1cccc(-c2cc(N)ccc2N(CCO)CCO)c1. The first-order valence-corrected chi connectivity index (χ1v) is 7.20. The first-order valence-electron chi connectivity index (χ1n) is 7.20. The average Bonchev–Trinajstić information content (AvgIpc) is 2.55. The Bertz CT molecular complexity index is 611. The molecule has 5 heteroatoms. The third-order valence-corrected chi connectivity index (χ3v) is 3.48. The molecule has 118 valence electrons. The summed E-state index contributed by atoms with van der Waals surface area (Å²) >= 11 is 0.